The average molecular weight is 285 g/mol. The van der Waals surface area contributed by atoms with Crippen LogP contribution in [0.2, 0.25) is 0 Å². The van der Waals surface area contributed by atoms with Gasteiger partial charge in [-0.25, -0.2) is 5.84 Å². The van der Waals surface area contributed by atoms with Crippen molar-refractivity contribution in [3.63, 3.8) is 0 Å². The summed E-state index contributed by atoms with van der Waals surface area (Å²) in [6.45, 7) is 0.485. The molecule has 0 aliphatic rings. The summed E-state index contributed by atoms with van der Waals surface area (Å²) in [5.41, 5.74) is 4.13. The lowest BCUT2D eigenvalue weighted by atomic mass is 10.2. The van der Waals surface area contributed by atoms with E-state index < -0.39 is 0 Å². The first-order chi connectivity index (χ1) is 10.3. The molecular weight excluding hydrogens is 266 g/mol. The van der Waals surface area contributed by atoms with Crippen LogP contribution in [0.5, 0.6) is 5.75 Å². The van der Waals surface area contributed by atoms with Crippen molar-refractivity contribution in [1.82, 2.24) is 5.43 Å². The van der Waals surface area contributed by atoms with Crippen LogP contribution in [0, 0.1) is 0 Å². The largest absolute Gasteiger partial charge is 0.494 e. The molecule has 0 fully saturated rings. The number of hydrazine groups is 1. The molecule has 2 aromatic carbocycles. The van der Waals surface area contributed by atoms with Crippen molar-refractivity contribution >= 4 is 17.3 Å². The number of ether oxygens (including phenoxy) is 1. The molecule has 0 aromatic heterocycles. The van der Waals surface area contributed by atoms with Crippen molar-refractivity contribution in [3.8, 4) is 5.75 Å². The van der Waals surface area contributed by atoms with E-state index in [1.54, 1.807) is 0 Å². The molecule has 0 heterocycles. The average Bonchev–Trinajstić information content (AvgIpc) is 2.54. The molecule has 0 spiro atoms. The minimum absolute atomic E-state index is 0.180. The van der Waals surface area contributed by atoms with Crippen molar-refractivity contribution in [3.05, 3.63) is 54.6 Å². The van der Waals surface area contributed by atoms with Crippen molar-refractivity contribution in [2.45, 2.75) is 12.8 Å². The predicted molar refractivity (Wildman–Crippen MR) is 83.2 cm³/mol. The number of rotatable bonds is 7. The zero-order valence-electron chi connectivity index (χ0n) is 11.7. The quantitative estimate of drug-likeness (QED) is 0.316. The van der Waals surface area contributed by atoms with Crippen molar-refractivity contribution in [1.29, 1.82) is 0 Å². The maximum absolute atomic E-state index is 10.9. The number of carbonyl (C=O) groups is 1. The summed E-state index contributed by atoms with van der Waals surface area (Å²) < 4.78 is 5.56. The van der Waals surface area contributed by atoms with Gasteiger partial charge in [-0.1, -0.05) is 18.2 Å². The summed E-state index contributed by atoms with van der Waals surface area (Å²) in [4.78, 5) is 10.9. The molecule has 0 atom stereocenters. The van der Waals surface area contributed by atoms with E-state index in [-0.39, 0.29) is 5.91 Å². The molecule has 5 heteroatoms. The second-order valence-corrected chi connectivity index (χ2v) is 4.53. The molecule has 110 valence electrons. The number of hydrogen-bond acceptors (Lipinski definition) is 4. The fourth-order valence-electron chi connectivity index (χ4n) is 1.82. The number of carbonyl (C=O) groups excluding carboxylic acids is 1. The van der Waals surface area contributed by atoms with Crippen molar-refractivity contribution in [2.24, 2.45) is 5.84 Å². The van der Waals surface area contributed by atoms with Gasteiger partial charge in [0.1, 0.15) is 5.75 Å². The number of nitrogens with two attached hydrogens (primary N) is 1. The van der Waals surface area contributed by atoms with Gasteiger partial charge in [0.05, 0.1) is 6.61 Å². The summed E-state index contributed by atoms with van der Waals surface area (Å²) in [6.07, 6.45) is 0.997. The van der Waals surface area contributed by atoms with Crippen LogP contribution in [0.4, 0.5) is 11.4 Å². The Kier molecular flexibility index (Phi) is 5.60. The predicted octanol–water partition coefficient (Wildman–Crippen LogP) is 2.58. The maximum atomic E-state index is 10.9. The summed E-state index contributed by atoms with van der Waals surface area (Å²) in [5, 5.41) is 3.30. The zero-order chi connectivity index (χ0) is 14.9. The highest BCUT2D eigenvalue weighted by Gasteiger charge is 1.99. The van der Waals surface area contributed by atoms with Crippen LogP contribution in [0.15, 0.2) is 54.6 Å². The number of nitrogens with one attached hydrogen (secondary N) is 2. The number of benzene rings is 2. The summed E-state index contributed by atoms with van der Waals surface area (Å²) in [7, 11) is 0. The van der Waals surface area contributed by atoms with Crippen LogP contribution in [0.3, 0.4) is 0 Å². The lowest BCUT2D eigenvalue weighted by Gasteiger charge is -2.09. The van der Waals surface area contributed by atoms with Gasteiger partial charge in [-0.15, -0.1) is 0 Å². The van der Waals surface area contributed by atoms with E-state index in [1.165, 1.54) is 0 Å². The minimum Gasteiger partial charge on any atom is -0.494 e. The number of hydrogen-bond donors (Lipinski definition) is 3. The third-order valence-corrected chi connectivity index (χ3v) is 2.89. The number of anilines is 2. The van der Waals surface area contributed by atoms with Crippen molar-refractivity contribution < 1.29 is 9.53 Å². The Morgan fingerprint density at radius 3 is 2.33 bits per heavy atom. The maximum Gasteiger partial charge on any atom is 0.234 e. The first kappa shape index (κ1) is 14.9. The van der Waals surface area contributed by atoms with E-state index in [2.05, 4.69) is 10.7 Å². The third kappa shape index (κ3) is 5.16. The van der Waals surface area contributed by atoms with Gasteiger partial charge in [-0.05, 0) is 42.8 Å². The topological polar surface area (TPSA) is 76.4 Å². The number of para-hydroxylation sites is 1. The van der Waals surface area contributed by atoms with Crippen LogP contribution in [0.1, 0.15) is 12.8 Å². The molecule has 0 radical (unpaired) electrons. The Hall–Kier alpha value is -2.53. The smallest absolute Gasteiger partial charge is 0.234 e. The minimum atomic E-state index is -0.180. The lowest BCUT2D eigenvalue weighted by molar-refractivity contribution is -0.121. The van der Waals surface area contributed by atoms with Crippen LogP contribution in [-0.4, -0.2) is 12.5 Å². The molecular formula is C16H19N3O2. The Labute approximate surface area is 124 Å². The Balaban J connectivity index is 1.78. The Morgan fingerprint density at radius 1 is 1.00 bits per heavy atom. The van der Waals surface area contributed by atoms with Gasteiger partial charge in [0.25, 0.3) is 0 Å². The second-order valence-electron chi connectivity index (χ2n) is 4.53. The van der Waals surface area contributed by atoms with Crippen LogP contribution in [-0.2, 0) is 4.79 Å². The van der Waals surface area contributed by atoms with Crippen LogP contribution in [0.25, 0.3) is 0 Å². The monoisotopic (exact) mass is 285 g/mol. The third-order valence-electron chi connectivity index (χ3n) is 2.89. The van der Waals surface area contributed by atoms with Gasteiger partial charge in [-0.2, -0.15) is 0 Å². The van der Waals surface area contributed by atoms with Gasteiger partial charge >= 0.3 is 0 Å². The molecule has 5 nitrogen and oxygen atoms in total. The fraction of sp³-hybridized carbons (Fsp3) is 0.188. The molecule has 0 bridgehead atoms. The van der Waals surface area contributed by atoms with E-state index in [9.17, 15) is 4.79 Å². The molecule has 0 saturated carbocycles. The van der Waals surface area contributed by atoms with E-state index in [1.807, 2.05) is 54.6 Å². The molecule has 21 heavy (non-hydrogen) atoms. The molecule has 0 saturated heterocycles. The van der Waals surface area contributed by atoms with E-state index in [0.29, 0.717) is 19.4 Å². The van der Waals surface area contributed by atoms with E-state index in [4.69, 9.17) is 10.6 Å². The first-order valence-electron chi connectivity index (χ1n) is 6.82. The zero-order valence-corrected chi connectivity index (χ0v) is 11.7. The van der Waals surface area contributed by atoms with Gasteiger partial charge in [0.2, 0.25) is 5.91 Å². The second kappa shape index (κ2) is 7.91. The Morgan fingerprint density at radius 2 is 1.67 bits per heavy atom. The van der Waals surface area contributed by atoms with Gasteiger partial charge in [-0.3, -0.25) is 10.2 Å². The first-order valence-corrected chi connectivity index (χ1v) is 6.82. The van der Waals surface area contributed by atoms with Gasteiger partial charge < -0.3 is 10.1 Å². The van der Waals surface area contributed by atoms with Crippen LogP contribution >= 0.6 is 0 Å². The summed E-state index contributed by atoms with van der Waals surface area (Å²) in [5.74, 6) is 5.60. The highest BCUT2D eigenvalue weighted by Crippen LogP contribution is 2.19. The molecule has 0 aliphatic heterocycles. The Bertz CT molecular complexity index is 555. The standard InChI is InChI=1S/C16H19N3O2/c17-19-16(20)7-4-12-21-15-10-8-14(9-11-15)18-13-5-2-1-3-6-13/h1-3,5-6,8-11,18H,4,7,12,17H2,(H,19,20). The lowest BCUT2D eigenvalue weighted by Crippen LogP contribution is -2.29. The van der Waals surface area contributed by atoms with Crippen molar-refractivity contribution in [2.75, 3.05) is 11.9 Å². The molecule has 2 aromatic rings. The normalized spacial score (nSPS) is 9.95. The highest BCUT2D eigenvalue weighted by atomic mass is 16.5. The summed E-state index contributed by atoms with van der Waals surface area (Å²) in [6, 6.07) is 17.7. The molecule has 0 unspecified atom stereocenters. The van der Waals surface area contributed by atoms with Gasteiger partial charge in [0.15, 0.2) is 0 Å². The van der Waals surface area contributed by atoms with Crippen LogP contribution < -0.4 is 21.3 Å². The SMILES string of the molecule is NNC(=O)CCCOc1ccc(Nc2ccccc2)cc1. The van der Waals surface area contributed by atoms with E-state index in [0.717, 1.165) is 17.1 Å². The number of amides is 1. The molecule has 1 amide bonds. The molecule has 2 rings (SSSR count). The molecule has 4 N–H and O–H groups in total. The van der Waals surface area contributed by atoms with E-state index >= 15 is 0 Å². The fourth-order valence-corrected chi connectivity index (χ4v) is 1.82. The highest BCUT2D eigenvalue weighted by molar-refractivity contribution is 5.75. The molecule has 0 aliphatic carbocycles. The van der Waals surface area contributed by atoms with Gasteiger partial charge in [0, 0.05) is 17.8 Å². The summed E-state index contributed by atoms with van der Waals surface area (Å²) >= 11 is 0.